The lowest BCUT2D eigenvalue weighted by Crippen LogP contribution is -2.21. The fraction of sp³-hybridized carbons (Fsp3) is 0.438. The van der Waals surface area contributed by atoms with Crippen molar-refractivity contribution in [3.63, 3.8) is 0 Å². The molecule has 0 fully saturated rings. The van der Waals surface area contributed by atoms with Crippen LogP contribution in [0.5, 0.6) is 0 Å². The molecule has 2 unspecified atom stereocenters. The molecule has 0 amide bonds. The molecule has 1 heterocycles. The van der Waals surface area contributed by atoms with Gasteiger partial charge in [-0.2, -0.15) is 0 Å². The third kappa shape index (κ3) is 3.37. The summed E-state index contributed by atoms with van der Waals surface area (Å²) in [6.45, 7) is 6.61. The average Bonchev–Trinajstić information content (AvgIpc) is 2.38. The highest BCUT2D eigenvalue weighted by Gasteiger charge is 2.08. The first kappa shape index (κ1) is 13.7. The monoisotopic (exact) mass is 258 g/mol. The Morgan fingerprint density at radius 3 is 2.74 bits per heavy atom. The number of hydrogen-bond donors (Lipinski definition) is 2. The summed E-state index contributed by atoms with van der Waals surface area (Å²) in [4.78, 5) is 14.9. The molecule has 3 nitrogen and oxygen atoms in total. The van der Waals surface area contributed by atoms with E-state index in [1.54, 1.807) is 0 Å². The molecule has 1 aromatic carbocycles. The molecule has 0 saturated carbocycles. The number of rotatable bonds is 5. The Bertz CT molecular complexity index is 603. The Labute approximate surface area is 114 Å². The molecule has 102 valence electrons. The molecule has 0 saturated heterocycles. The maximum Gasteiger partial charge on any atom is 0.257 e. The van der Waals surface area contributed by atoms with E-state index < -0.39 is 0 Å². The van der Waals surface area contributed by atoms with Gasteiger partial charge < -0.3 is 10.3 Å². The Balaban J connectivity index is 2.19. The van der Waals surface area contributed by atoms with E-state index in [2.05, 4.69) is 31.1 Å². The molecule has 0 radical (unpaired) electrons. The van der Waals surface area contributed by atoms with E-state index in [1.165, 1.54) is 6.42 Å². The highest BCUT2D eigenvalue weighted by molar-refractivity contribution is 5.83. The zero-order valence-corrected chi connectivity index (χ0v) is 11.9. The zero-order valence-electron chi connectivity index (χ0n) is 11.9. The largest absolute Gasteiger partial charge is 0.369 e. The lowest BCUT2D eigenvalue weighted by atomic mass is 10.0. The SMILES string of the molecule is CCC(C)CC(C)Nc1cc2ccccc2c(=O)[nH]1. The van der Waals surface area contributed by atoms with Gasteiger partial charge in [-0.3, -0.25) is 4.79 Å². The number of H-pyrrole nitrogens is 1. The van der Waals surface area contributed by atoms with Gasteiger partial charge in [-0.25, -0.2) is 0 Å². The highest BCUT2D eigenvalue weighted by atomic mass is 16.1. The van der Waals surface area contributed by atoms with Crippen molar-refractivity contribution in [3.05, 3.63) is 40.7 Å². The highest BCUT2D eigenvalue weighted by Crippen LogP contribution is 2.16. The summed E-state index contributed by atoms with van der Waals surface area (Å²) in [6, 6.07) is 10.0. The predicted octanol–water partition coefficient (Wildman–Crippen LogP) is 3.76. The molecule has 2 N–H and O–H groups in total. The Hall–Kier alpha value is -1.77. The summed E-state index contributed by atoms with van der Waals surface area (Å²) in [6.07, 6.45) is 2.28. The third-order valence-electron chi connectivity index (χ3n) is 3.61. The van der Waals surface area contributed by atoms with Gasteiger partial charge in [-0.05, 0) is 36.8 Å². The lowest BCUT2D eigenvalue weighted by molar-refractivity contribution is 0.483. The summed E-state index contributed by atoms with van der Waals surface area (Å²) in [5.74, 6) is 1.49. The lowest BCUT2D eigenvalue weighted by Gasteiger charge is -2.18. The Kier molecular flexibility index (Phi) is 4.25. The van der Waals surface area contributed by atoms with Crippen LogP contribution in [0.3, 0.4) is 0 Å². The second-order valence-electron chi connectivity index (χ2n) is 5.39. The molecule has 0 spiro atoms. The first-order chi connectivity index (χ1) is 9.10. The van der Waals surface area contributed by atoms with Gasteiger partial charge in [0.15, 0.2) is 0 Å². The number of aromatic amines is 1. The zero-order chi connectivity index (χ0) is 13.8. The number of fused-ring (bicyclic) bond motifs is 1. The molecule has 3 heteroatoms. The van der Waals surface area contributed by atoms with E-state index in [0.717, 1.165) is 23.0 Å². The fourth-order valence-electron chi connectivity index (χ4n) is 2.38. The molecule has 0 aliphatic heterocycles. The quantitative estimate of drug-likeness (QED) is 0.857. The summed E-state index contributed by atoms with van der Waals surface area (Å²) in [5, 5.41) is 5.10. The second kappa shape index (κ2) is 5.91. The molecule has 0 bridgehead atoms. The van der Waals surface area contributed by atoms with E-state index >= 15 is 0 Å². The standard InChI is InChI=1S/C16H22N2O/c1-4-11(2)9-12(3)17-15-10-13-7-5-6-8-14(13)16(19)18-15/h5-8,10-12H,4,9H2,1-3H3,(H2,17,18,19). The van der Waals surface area contributed by atoms with Crippen LogP contribution in [0.25, 0.3) is 10.8 Å². The number of nitrogens with one attached hydrogen (secondary N) is 2. The van der Waals surface area contributed by atoms with Crippen LogP contribution in [-0.2, 0) is 0 Å². The first-order valence-electron chi connectivity index (χ1n) is 6.98. The van der Waals surface area contributed by atoms with Gasteiger partial charge in [0.2, 0.25) is 0 Å². The van der Waals surface area contributed by atoms with Crippen LogP contribution >= 0.6 is 0 Å². The summed E-state index contributed by atoms with van der Waals surface area (Å²) in [7, 11) is 0. The van der Waals surface area contributed by atoms with Gasteiger partial charge in [0.25, 0.3) is 5.56 Å². The number of pyridine rings is 1. The fourth-order valence-corrected chi connectivity index (χ4v) is 2.38. The van der Waals surface area contributed by atoms with Crippen molar-refractivity contribution in [1.82, 2.24) is 4.98 Å². The predicted molar refractivity (Wildman–Crippen MR) is 81.7 cm³/mol. The van der Waals surface area contributed by atoms with Gasteiger partial charge >= 0.3 is 0 Å². The maximum atomic E-state index is 12.0. The van der Waals surface area contributed by atoms with Crippen LogP contribution in [0.4, 0.5) is 5.82 Å². The van der Waals surface area contributed by atoms with E-state index in [9.17, 15) is 4.79 Å². The van der Waals surface area contributed by atoms with Crippen LogP contribution < -0.4 is 10.9 Å². The summed E-state index contributed by atoms with van der Waals surface area (Å²) >= 11 is 0. The van der Waals surface area contributed by atoms with Crippen LogP contribution in [0.2, 0.25) is 0 Å². The van der Waals surface area contributed by atoms with E-state index in [4.69, 9.17) is 0 Å². The van der Waals surface area contributed by atoms with Crippen molar-refractivity contribution in [2.75, 3.05) is 5.32 Å². The minimum atomic E-state index is -0.0312. The van der Waals surface area contributed by atoms with E-state index in [1.807, 2.05) is 30.3 Å². The van der Waals surface area contributed by atoms with Crippen LogP contribution in [0, 0.1) is 5.92 Å². The molecule has 2 aromatic rings. The molecule has 2 atom stereocenters. The van der Waals surface area contributed by atoms with Gasteiger partial charge in [0.1, 0.15) is 5.82 Å². The average molecular weight is 258 g/mol. The molecular weight excluding hydrogens is 236 g/mol. The molecule has 2 rings (SSSR count). The van der Waals surface area contributed by atoms with Crippen molar-refractivity contribution >= 4 is 16.6 Å². The van der Waals surface area contributed by atoms with Crippen molar-refractivity contribution in [2.24, 2.45) is 5.92 Å². The minimum Gasteiger partial charge on any atom is -0.369 e. The second-order valence-corrected chi connectivity index (χ2v) is 5.39. The van der Waals surface area contributed by atoms with Gasteiger partial charge in [-0.15, -0.1) is 0 Å². The Morgan fingerprint density at radius 2 is 2.00 bits per heavy atom. The molecule has 0 aliphatic rings. The topological polar surface area (TPSA) is 44.9 Å². The molecule has 0 aliphatic carbocycles. The third-order valence-corrected chi connectivity index (χ3v) is 3.61. The Morgan fingerprint density at radius 1 is 1.26 bits per heavy atom. The summed E-state index contributed by atoms with van der Waals surface area (Å²) < 4.78 is 0. The van der Waals surface area contributed by atoms with Crippen LogP contribution in [-0.4, -0.2) is 11.0 Å². The van der Waals surface area contributed by atoms with Gasteiger partial charge in [0, 0.05) is 11.4 Å². The smallest absolute Gasteiger partial charge is 0.257 e. The molecule has 19 heavy (non-hydrogen) atoms. The summed E-state index contributed by atoms with van der Waals surface area (Å²) in [5.41, 5.74) is -0.0312. The van der Waals surface area contributed by atoms with Crippen molar-refractivity contribution < 1.29 is 0 Å². The number of anilines is 1. The van der Waals surface area contributed by atoms with Crippen LogP contribution in [0.15, 0.2) is 35.1 Å². The normalized spacial score (nSPS) is 14.3. The minimum absolute atomic E-state index is 0.0312. The first-order valence-corrected chi connectivity index (χ1v) is 6.98. The molecule has 1 aromatic heterocycles. The maximum absolute atomic E-state index is 12.0. The number of hydrogen-bond acceptors (Lipinski definition) is 2. The van der Waals surface area contributed by atoms with Crippen molar-refractivity contribution in [3.8, 4) is 0 Å². The van der Waals surface area contributed by atoms with Crippen LogP contribution in [0.1, 0.15) is 33.6 Å². The van der Waals surface area contributed by atoms with E-state index in [-0.39, 0.29) is 5.56 Å². The molecular formula is C16H22N2O. The van der Waals surface area contributed by atoms with Crippen molar-refractivity contribution in [2.45, 2.75) is 39.7 Å². The van der Waals surface area contributed by atoms with Gasteiger partial charge in [-0.1, -0.05) is 38.5 Å². The number of aromatic nitrogens is 1. The number of benzene rings is 1. The van der Waals surface area contributed by atoms with Crippen molar-refractivity contribution in [1.29, 1.82) is 0 Å². The van der Waals surface area contributed by atoms with Gasteiger partial charge in [0.05, 0.1) is 0 Å². The van der Waals surface area contributed by atoms with E-state index in [0.29, 0.717) is 12.0 Å².